The summed E-state index contributed by atoms with van der Waals surface area (Å²) in [4.78, 5) is 15.7. The molecule has 0 unspecified atom stereocenters. The molecule has 1 aromatic heterocycles. The van der Waals surface area contributed by atoms with Crippen molar-refractivity contribution in [2.45, 2.75) is 39.8 Å². The van der Waals surface area contributed by atoms with E-state index in [9.17, 15) is 4.79 Å². The standard InChI is InChI=1S/C28H28ClN5O4/c1-4-36-24-13-19-14-27(35)34(22-11-6-17(3)12-23(22)38-16-26-30-32-33-31-26)28(18-7-9-20(29)10-8-18)21(19)15-25(24)37-5-2/h6-13,15,28H,4-5,14,16H2,1-3H3,(H,30,31,32,33)/t28-/m0/s1. The van der Waals surface area contributed by atoms with Crippen LogP contribution in [0.2, 0.25) is 5.02 Å². The molecule has 0 fully saturated rings. The Morgan fingerprint density at radius 1 is 0.974 bits per heavy atom. The molecule has 1 aliphatic rings. The van der Waals surface area contributed by atoms with Crippen LogP contribution in [0.25, 0.3) is 0 Å². The number of amides is 1. The van der Waals surface area contributed by atoms with Crippen LogP contribution in [0.1, 0.15) is 48.0 Å². The lowest BCUT2D eigenvalue weighted by Gasteiger charge is -2.38. The second-order valence-electron chi connectivity index (χ2n) is 8.85. The maximum Gasteiger partial charge on any atom is 0.232 e. The van der Waals surface area contributed by atoms with Gasteiger partial charge in [0.15, 0.2) is 18.1 Å². The van der Waals surface area contributed by atoms with E-state index >= 15 is 0 Å². The topological polar surface area (TPSA) is 102 Å². The highest BCUT2D eigenvalue weighted by molar-refractivity contribution is 6.30. The van der Waals surface area contributed by atoms with Gasteiger partial charge in [-0.2, -0.15) is 5.21 Å². The number of H-pyrrole nitrogens is 1. The smallest absolute Gasteiger partial charge is 0.232 e. The summed E-state index contributed by atoms with van der Waals surface area (Å²) in [6, 6.07) is 16.8. The van der Waals surface area contributed by atoms with Gasteiger partial charge in [-0.15, -0.1) is 10.2 Å². The molecule has 4 aromatic rings. The molecule has 1 aliphatic heterocycles. The van der Waals surface area contributed by atoms with E-state index in [0.717, 1.165) is 22.3 Å². The Morgan fingerprint density at radius 3 is 2.39 bits per heavy atom. The van der Waals surface area contributed by atoms with E-state index in [1.165, 1.54) is 0 Å². The minimum Gasteiger partial charge on any atom is -0.490 e. The van der Waals surface area contributed by atoms with Gasteiger partial charge in [0, 0.05) is 5.02 Å². The summed E-state index contributed by atoms with van der Waals surface area (Å²) in [6.07, 6.45) is 0.198. The number of hydrogen-bond donors (Lipinski definition) is 1. The molecule has 0 saturated heterocycles. The Bertz CT molecular complexity index is 1430. The summed E-state index contributed by atoms with van der Waals surface area (Å²) in [6.45, 7) is 6.90. The van der Waals surface area contributed by atoms with Crippen LogP contribution in [0, 0.1) is 6.92 Å². The predicted molar refractivity (Wildman–Crippen MR) is 143 cm³/mol. The minimum atomic E-state index is -0.450. The Kier molecular flexibility index (Phi) is 7.46. The summed E-state index contributed by atoms with van der Waals surface area (Å²) in [5.74, 6) is 2.15. The molecule has 38 heavy (non-hydrogen) atoms. The molecule has 1 atom stereocenters. The third-order valence-corrected chi connectivity index (χ3v) is 6.53. The number of ether oxygens (including phenoxy) is 3. The van der Waals surface area contributed by atoms with Crippen LogP contribution in [0.3, 0.4) is 0 Å². The van der Waals surface area contributed by atoms with Crippen LogP contribution in [-0.2, 0) is 17.8 Å². The van der Waals surface area contributed by atoms with Crippen LogP contribution in [-0.4, -0.2) is 39.7 Å². The molecule has 196 valence electrons. The van der Waals surface area contributed by atoms with Gasteiger partial charge in [-0.05, 0) is 79.4 Å². The Labute approximate surface area is 225 Å². The molecule has 0 radical (unpaired) electrons. The first kappa shape index (κ1) is 25.5. The number of anilines is 1. The highest BCUT2D eigenvalue weighted by atomic mass is 35.5. The SMILES string of the molecule is CCOc1cc2c(cc1OCC)[C@H](c1ccc(Cl)cc1)N(c1ccc(C)cc1OCc1nn[nH]n1)C(=O)C2. The number of aromatic nitrogens is 4. The van der Waals surface area contributed by atoms with Gasteiger partial charge in [-0.25, -0.2) is 0 Å². The van der Waals surface area contributed by atoms with Gasteiger partial charge in [0.05, 0.1) is 31.4 Å². The van der Waals surface area contributed by atoms with E-state index in [2.05, 4.69) is 20.6 Å². The van der Waals surface area contributed by atoms with Crippen molar-refractivity contribution in [3.63, 3.8) is 0 Å². The van der Waals surface area contributed by atoms with Crippen molar-refractivity contribution in [3.8, 4) is 17.2 Å². The number of aryl methyl sites for hydroxylation is 1. The van der Waals surface area contributed by atoms with E-state index in [1.807, 2.05) is 75.4 Å². The van der Waals surface area contributed by atoms with Crippen molar-refractivity contribution >= 4 is 23.2 Å². The molecular formula is C28H28ClN5O4. The van der Waals surface area contributed by atoms with Crippen molar-refractivity contribution in [2.24, 2.45) is 0 Å². The van der Waals surface area contributed by atoms with Gasteiger partial charge < -0.3 is 14.2 Å². The number of halogens is 1. The molecule has 0 spiro atoms. The van der Waals surface area contributed by atoms with Gasteiger partial charge in [-0.3, -0.25) is 9.69 Å². The Balaban J connectivity index is 1.66. The number of aromatic amines is 1. The van der Waals surface area contributed by atoms with Crippen molar-refractivity contribution in [2.75, 3.05) is 18.1 Å². The van der Waals surface area contributed by atoms with Crippen molar-refractivity contribution in [1.29, 1.82) is 0 Å². The average molecular weight is 534 g/mol. The zero-order valence-corrected chi connectivity index (χ0v) is 22.2. The number of carbonyl (C=O) groups excluding carboxylic acids is 1. The normalized spacial score (nSPS) is 14.8. The second kappa shape index (κ2) is 11.1. The average Bonchev–Trinajstić information content (AvgIpc) is 3.43. The number of hydrogen-bond acceptors (Lipinski definition) is 7. The van der Waals surface area contributed by atoms with Crippen molar-refractivity contribution in [1.82, 2.24) is 20.6 Å². The lowest BCUT2D eigenvalue weighted by atomic mass is 9.86. The van der Waals surface area contributed by atoms with Gasteiger partial charge in [0.1, 0.15) is 5.75 Å². The van der Waals surface area contributed by atoms with E-state index in [0.29, 0.717) is 47.0 Å². The molecule has 0 bridgehead atoms. The van der Waals surface area contributed by atoms with Crippen molar-refractivity contribution < 1.29 is 19.0 Å². The lowest BCUT2D eigenvalue weighted by molar-refractivity contribution is -0.118. The predicted octanol–water partition coefficient (Wildman–Crippen LogP) is 5.22. The molecular weight excluding hydrogens is 506 g/mol. The van der Waals surface area contributed by atoms with E-state index in [-0.39, 0.29) is 18.9 Å². The van der Waals surface area contributed by atoms with Crippen molar-refractivity contribution in [3.05, 3.63) is 87.7 Å². The Hall–Kier alpha value is -4.11. The monoisotopic (exact) mass is 533 g/mol. The first-order valence-electron chi connectivity index (χ1n) is 12.4. The largest absolute Gasteiger partial charge is 0.490 e. The highest BCUT2D eigenvalue weighted by Crippen LogP contribution is 2.46. The molecule has 1 N–H and O–H groups in total. The fraction of sp³-hybridized carbons (Fsp3) is 0.286. The number of nitrogens with one attached hydrogen (secondary N) is 1. The fourth-order valence-corrected chi connectivity index (χ4v) is 4.79. The van der Waals surface area contributed by atoms with Crippen LogP contribution in [0.4, 0.5) is 5.69 Å². The van der Waals surface area contributed by atoms with Crippen LogP contribution in [0.15, 0.2) is 54.6 Å². The van der Waals surface area contributed by atoms with Crippen LogP contribution in [0.5, 0.6) is 17.2 Å². The van der Waals surface area contributed by atoms with E-state index in [4.69, 9.17) is 25.8 Å². The summed E-state index contributed by atoms with van der Waals surface area (Å²) >= 11 is 6.23. The maximum absolute atomic E-state index is 13.9. The third kappa shape index (κ3) is 5.15. The first-order valence-corrected chi connectivity index (χ1v) is 12.8. The zero-order valence-electron chi connectivity index (χ0n) is 21.4. The summed E-state index contributed by atoms with van der Waals surface area (Å²) in [5.41, 5.74) is 4.37. The second-order valence-corrected chi connectivity index (χ2v) is 9.28. The number of rotatable bonds is 9. The first-order chi connectivity index (χ1) is 18.5. The van der Waals surface area contributed by atoms with Gasteiger partial charge in [0.2, 0.25) is 11.7 Å². The molecule has 0 aliphatic carbocycles. The van der Waals surface area contributed by atoms with E-state index in [1.54, 1.807) is 4.90 Å². The zero-order chi connectivity index (χ0) is 26.6. The molecule has 0 saturated carbocycles. The number of benzene rings is 3. The molecule has 10 heteroatoms. The lowest BCUT2D eigenvalue weighted by Crippen LogP contribution is -2.41. The third-order valence-electron chi connectivity index (χ3n) is 6.27. The number of carbonyl (C=O) groups is 1. The number of fused-ring (bicyclic) bond motifs is 1. The van der Waals surface area contributed by atoms with Crippen LogP contribution >= 0.6 is 11.6 Å². The molecule has 1 amide bonds. The Morgan fingerprint density at radius 2 is 1.71 bits per heavy atom. The van der Waals surface area contributed by atoms with Gasteiger partial charge >= 0.3 is 0 Å². The molecule has 2 heterocycles. The minimum absolute atomic E-state index is 0.0719. The number of nitrogens with zero attached hydrogens (tertiary/aromatic N) is 4. The van der Waals surface area contributed by atoms with E-state index < -0.39 is 6.04 Å². The van der Waals surface area contributed by atoms with Crippen LogP contribution < -0.4 is 19.1 Å². The summed E-state index contributed by atoms with van der Waals surface area (Å²) in [5, 5.41) is 14.6. The highest BCUT2D eigenvalue weighted by Gasteiger charge is 2.37. The maximum atomic E-state index is 13.9. The summed E-state index contributed by atoms with van der Waals surface area (Å²) in [7, 11) is 0. The quantitative estimate of drug-likeness (QED) is 0.315. The van der Waals surface area contributed by atoms with Gasteiger partial charge in [0.25, 0.3) is 0 Å². The molecule has 3 aromatic carbocycles. The molecule has 5 rings (SSSR count). The summed E-state index contributed by atoms with van der Waals surface area (Å²) < 4.78 is 17.9. The fourth-order valence-electron chi connectivity index (χ4n) is 4.66. The molecule has 9 nitrogen and oxygen atoms in total. The van der Waals surface area contributed by atoms with Gasteiger partial charge in [-0.1, -0.05) is 35.0 Å². The number of tetrazole rings is 1.